The molecule has 1 aromatic carbocycles. The van der Waals surface area contributed by atoms with Crippen molar-refractivity contribution in [2.45, 2.75) is 37.8 Å². The Kier molecular flexibility index (Phi) is 3.10. The molecule has 2 fully saturated rings. The number of benzene rings is 1. The second-order valence-corrected chi connectivity index (χ2v) is 6.69. The van der Waals surface area contributed by atoms with Gasteiger partial charge in [-0.05, 0) is 43.7 Å². The normalized spacial score (nSPS) is 29.1. The second-order valence-electron chi connectivity index (χ2n) is 6.69. The van der Waals surface area contributed by atoms with Crippen molar-refractivity contribution in [3.05, 3.63) is 24.3 Å². The number of nitrogens with zero attached hydrogens (tertiary/aromatic N) is 2. The van der Waals surface area contributed by atoms with Crippen LogP contribution in [0.2, 0.25) is 0 Å². The fourth-order valence-electron chi connectivity index (χ4n) is 3.68. The topological polar surface area (TPSA) is 18.5 Å². The van der Waals surface area contributed by atoms with Crippen LogP contribution in [0.4, 0.5) is 11.4 Å². The molecule has 2 saturated carbocycles. The quantitative estimate of drug-likeness (QED) is 0.907. The molecule has 20 heavy (non-hydrogen) atoms. The summed E-state index contributed by atoms with van der Waals surface area (Å²) < 4.78 is 0. The van der Waals surface area contributed by atoms with Crippen LogP contribution in [-0.2, 0) is 0 Å². The van der Waals surface area contributed by atoms with Crippen LogP contribution < -0.4 is 15.1 Å². The van der Waals surface area contributed by atoms with Crippen LogP contribution >= 0.6 is 0 Å². The number of nitrogens with one attached hydrogen (secondary N) is 1. The highest BCUT2D eigenvalue weighted by Crippen LogP contribution is 2.40. The summed E-state index contributed by atoms with van der Waals surface area (Å²) in [6.07, 6.45) is 5.57. The van der Waals surface area contributed by atoms with E-state index in [2.05, 4.69) is 46.4 Å². The summed E-state index contributed by atoms with van der Waals surface area (Å²) in [5.41, 5.74) is 2.85. The predicted molar refractivity (Wildman–Crippen MR) is 84.6 cm³/mol. The van der Waals surface area contributed by atoms with E-state index in [0.29, 0.717) is 0 Å². The molecule has 108 valence electrons. The van der Waals surface area contributed by atoms with E-state index < -0.39 is 0 Å². The van der Waals surface area contributed by atoms with Crippen molar-refractivity contribution in [1.29, 1.82) is 0 Å². The van der Waals surface area contributed by atoms with Crippen molar-refractivity contribution in [3.8, 4) is 0 Å². The van der Waals surface area contributed by atoms with Crippen molar-refractivity contribution >= 4 is 11.4 Å². The SMILES string of the molecule is CN1CCN(C2CCC2CNC2CC2)c2ccccc21. The van der Waals surface area contributed by atoms with E-state index >= 15 is 0 Å². The fourth-order valence-corrected chi connectivity index (χ4v) is 3.68. The first-order valence-electron chi connectivity index (χ1n) is 8.13. The van der Waals surface area contributed by atoms with Crippen molar-refractivity contribution in [1.82, 2.24) is 5.32 Å². The van der Waals surface area contributed by atoms with Gasteiger partial charge in [0, 0.05) is 38.8 Å². The number of para-hydroxylation sites is 2. The van der Waals surface area contributed by atoms with Gasteiger partial charge in [0.05, 0.1) is 11.4 Å². The van der Waals surface area contributed by atoms with Crippen LogP contribution in [0.15, 0.2) is 24.3 Å². The molecule has 3 aliphatic rings. The van der Waals surface area contributed by atoms with Crippen LogP contribution in [0, 0.1) is 5.92 Å². The average Bonchev–Trinajstić information content (AvgIpc) is 3.25. The number of hydrogen-bond acceptors (Lipinski definition) is 3. The molecule has 0 spiro atoms. The van der Waals surface area contributed by atoms with Gasteiger partial charge in [-0.2, -0.15) is 0 Å². The zero-order chi connectivity index (χ0) is 13.5. The van der Waals surface area contributed by atoms with Crippen LogP contribution in [0.5, 0.6) is 0 Å². The van der Waals surface area contributed by atoms with Crippen LogP contribution in [0.3, 0.4) is 0 Å². The van der Waals surface area contributed by atoms with Gasteiger partial charge in [0.25, 0.3) is 0 Å². The average molecular weight is 271 g/mol. The standard InChI is InChI=1S/C17H25N3/c1-19-10-11-20(17-5-3-2-4-16(17)19)15-9-6-13(15)12-18-14-7-8-14/h2-5,13-15,18H,6-12H2,1H3. The van der Waals surface area contributed by atoms with Gasteiger partial charge in [-0.1, -0.05) is 12.1 Å². The fraction of sp³-hybridized carbons (Fsp3) is 0.647. The Bertz CT molecular complexity index is 483. The third-order valence-electron chi connectivity index (χ3n) is 5.30. The highest BCUT2D eigenvalue weighted by molar-refractivity contribution is 5.73. The highest BCUT2D eigenvalue weighted by atomic mass is 15.3. The number of fused-ring (bicyclic) bond motifs is 1. The molecule has 1 aliphatic heterocycles. The minimum absolute atomic E-state index is 0.760. The van der Waals surface area contributed by atoms with E-state index in [9.17, 15) is 0 Å². The smallest absolute Gasteiger partial charge is 0.0607 e. The van der Waals surface area contributed by atoms with Gasteiger partial charge in [0.15, 0.2) is 0 Å². The molecule has 3 nitrogen and oxygen atoms in total. The van der Waals surface area contributed by atoms with Gasteiger partial charge >= 0.3 is 0 Å². The lowest BCUT2D eigenvalue weighted by atomic mass is 9.77. The third-order valence-corrected chi connectivity index (χ3v) is 5.30. The highest BCUT2D eigenvalue weighted by Gasteiger charge is 2.38. The first kappa shape index (κ1) is 12.5. The minimum Gasteiger partial charge on any atom is -0.371 e. The van der Waals surface area contributed by atoms with E-state index in [-0.39, 0.29) is 0 Å². The van der Waals surface area contributed by atoms with Crippen molar-refractivity contribution in [2.24, 2.45) is 5.92 Å². The summed E-state index contributed by atoms with van der Waals surface area (Å²) in [5.74, 6) is 0.854. The lowest BCUT2D eigenvalue weighted by Gasteiger charge is -2.49. The Labute approximate surface area is 121 Å². The van der Waals surface area contributed by atoms with Crippen LogP contribution in [0.25, 0.3) is 0 Å². The van der Waals surface area contributed by atoms with E-state index in [0.717, 1.165) is 24.5 Å². The molecule has 2 atom stereocenters. The monoisotopic (exact) mass is 271 g/mol. The molecule has 2 unspecified atom stereocenters. The second kappa shape index (κ2) is 4.96. The Hall–Kier alpha value is -1.22. The lowest BCUT2D eigenvalue weighted by Crippen LogP contribution is -2.54. The summed E-state index contributed by atoms with van der Waals surface area (Å²) >= 11 is 0. The molecule has 0 saturated heterocycles. The van der Waals surface area contributed by atoms with E-state index in [1.54, 1.807) is 0 Å². The van der Waals surface area contributed by atoms with Gasteiger partial charge in [0.2, 0.25) is 0 Å². The number of rotatable bonds is 4. The molecular formula is C17H25N3. The van der Waals surface area contributed by atoms with Crippen molar-refractivity contribution < 1.29 is 0 Å². The molecule has 3 heteroatoms. The molecule has 1 N–H and O–H groups in total. The summed E-state index contributed by atoms with van der Waals surface area (Å²) in [7, 11) is 2.21. The van der Waals surface area contributed by atoms with E-state index in [1.807, 2.05) is 0 Å². The Morgan fingerprint density at radius 1 is 1.05 bits per heavy atom. The molecule has 0 radical (unpaired) electrons. The zero-order valence-corrected chi connectivity index (χ0v) is 12.4. The third kappa shape index (κ3) is 2.18. The molecule has 2 aliphatic carbocycles. The van der Waals surface area contributed by atoms with Gasteiger partial charge in [-0.15, -0.1) is 0 Å². The van der Waals surface area contributed by atoms with Crippen molar-refractivity contribution in [3.63, 3.8) is 0 Å². The van der Waals surface area contributed by atoms with Gasteiger partial charge in [0.1, 0.15) is 0 Å². The maximum atomic E-state index is 3.72. The largest absolute Gasteiger partial charge is 0.371 e. The molecule has 4 rings (SSSR count). The van der Waals surface area contributed by atoms with Gasteiger partial charge < -0.3 is 15.1 Å². The van der Waals surface area contributed by atoms with Crippen LogP contribution in [-0.4, -0.2) is 38.8 Å². The molecule has 1 heterocycles. The summed E-state index contributed by atoms with van der Waals surface area (Å²) in [6.45, 7) is 3.55. The molecule has 0 bridgehead atoms. The Morgan fingerprint density at radius 2 is 1.85 bits per heavy atom. The lowest BCUT2D eigenvalue weighted by molar-refractivity contribution is 0.232. The van der Waals surface area contributed by atoms with E-state index in [1.165, 1.54) is 50.1 Å². The maximum Gasteiger partial charge on any atom is 0.0607 e. The summed E-state index contributed by atoms with van der Waals surface area (Å²) in [4.78, 5) is 5.07. The van der Waals surface area contributed by atoms with Gasteiger partial charge in [-0.3, -0.25) is 0 Å². The molecule has 0 amide bonds. The maximum absolute atomic E-state index is 3.72. The molecular weight excluding hydrogens is 246 g/mol. The van der Waals surface area contributed by atoms with E-state index in [4.69, 9.17) is 0 Å². The zero-order valence-electron chi connectivity index (χ0n) is 12.4. The molecule has 0 aromatic heterocycles. The number of anilines is 2. The summed E-state index contributed by atoms with van der Waals surface area (Å²) in [6, 6.07) is 10.5. The first-order chi connectivity index (χ1) is 9.83. The van der Waals surface area contributed by atoms with Crippen molar-refractivity contribution in [2.75, 3.05) is 36.5 Å². The predicted octanol–water partition coefficient (Wildman–Crippen LogP) is 2.47. The summed E-state index contributed by atoms with van der Waals surface area (Å²) in [5, 5.41) is 3.72. The minimum atomic E-state index is 0.760. The number of likely N-dealkylation sites (N-methyl/N-ethyl adjacent to an activating group) is 1. The Balaban J connectivity index is 1.49. The van der Waals surface area contributed by atoms with Gasteiger partial charge in [-0.25, -0.2) is 0 Å². The van der Waals surface area contributed by atoms with Crippen LogP contribution in [0.1, 0.15) is 25.7 Å². The number of hydrogen-bond donors (Lipinski definition) is 1. The first-order valence-corrected chi connectivity index (χ1v) is 8.13. The molecule has 1 aromatic rings. The Morgan fingerprint density at radius 3 is 2.55 bits per heavy atom.